The van der Waals surface area contributed by atoms with Crippen LogP contribution in [0.4, 0.5) is 0 Å². The molecule has 0 saturated carbocycles. The molecule has 1 heterocycles. The average Bonchev–Trinajstić information content (AvgIpc) is 2.80. The van der Waals surface area contributed by atoms with Crippen LogP contribution < -0.4 is 0 Å². The molecule has 0 bridgehead atoms. The first-order valence-electron chi connectivity index (χ1n) is 7.53. The topological polar surface area (TPSA) is 48.9 Å². The van der Waals surface area contributed by atoms with E-state index in [0.29, 0.717) is 9.70 Å². The van der Waals surface area contributed by atoms with E-state index >= 15 is 0 Å². The fraction of sp³-hybridized carbons (Fsp3) is 0.529. The molecule has 1 aromatic heterocycles. The summed E-state index contributed by atoms with van der Waals surface area (Å²) in [5.74, 6) is 1.23. The normalized spacial score (nSPS) is 12.6. The number of thioether (sulfide) groups is 1. The largest absolute Gasteiger partial charge is 0.507 e. The number of rotatable bonds is 3. The Kier molecular flexibility index (Phi) is 5.28. The third kappa shape index (κ3) is 4.58. The zero-order chi connectivity index (χ0) is 17.4. The van der Waals surface area contributed by atoms with E-state index in [-0.39, 0.29) is 10.8 Å². The summed E-state index contributed by atoms with van der Waals surface area (Å²) in [6, 6.07) is 4.23. The lowest BCUT2D eigenvalue weighted by atomic mass is 9.78. The number of phenolic OH excluding ortho intramolecular Hbond substituents is 1. The molecule has 3 nitrogen and oxygen atoms in total. The second-order valence-electron chi connectivity index (χ2n) is 7.71. The molecular weight excluding hydrogens is 344 g/mol. The van der Waals surface area contributed by atoms with Gasteiger partial charge >= 0.3 is 0 Å². The molecule has 0 atom stereocenters. The SMILES string of the molecule is CC(C)(C)c1cc(CSc2n[nH]c(=S)s2)cc(C(C)(C)C)c1O. The van der Waals surface area contributed by atoms with Gasteiger partial charge in [-0.1, -0.05) is 76.8 Å². The number of H-pyrrole nitrogens is 1. The van der Waals surface area contributed by atoms with Crippen LogP contribution >= 0.6 is 35.3 Å². The highest BCUT2D eigenvalue weighted by atomic mass is 32.2. The van der Waals surface area contributed by atoms with Crippen LogP contribution in [-0.2, 0) is 16.6 Å². The highest BCUT2D eigenvalue weighted by Crippen LogP contribution is 2.40. The molecule has 2 rings (SSSR count). The zero-order valence-corrected chi connectivity index (χ0v) is 16.9. The standard InChI is InChI=1S/C17H24N2OS3/c1-16(2,3)11-7-10(8-12(13(11)20)17(4,5)6)9-22-15-19-18-14(21)23-15/h7-8,20H,9H2,1-6H3,(H,18,21). The van der Waals surface area contributed by atoms with Gasteiger partial charge in [0.1, 0.15) is 5.75 Å². The van der Waals surface area contributed by atoms with Gasteiger partial charge in [0.2, 0.25) is 0 Å². The third-order valence-corrected chi connectivity index (χ3v) is 5.87. The predicted octanol–water partition coefficient (Wildman–Crippen LogP) is 5.79. The number of aromatic nitrogens is 2. The van der Waals surface area contributed by atoms with Crippen LogP contribution in [0.5, 0.6) is 5.75 Å². The number of phenols is 1. The Labute approximate surface area is 151 Å². The molecule has 1 aromatic carbocycles. The molecule has 0 fully saturated rings. The van der Waals surface area contributed by atoms with Gasteiger partial charge in [0.05, 0.1) is 0 Å². The van der Waals surface area contributed by atoms with E-state index in [1.54, 1.807) is 11.8 Å². The minimum absolute atomic E-state index is 0.104. The van der Waals surface area contributed by atoms with Gasteiger partial charge in [0, 0.05) is 5.75 Å². The summed E-state index contributed by atoms with van der Waals surface area (Å²) in [5, 5.41) is 17.7. The molecular formula is C17H24N2OS3. The molecule has 0 aliphatic carbocycles. The number of aromatic amines is 1. The second-order valence-corrected chi connectivity index (χ2v) is 10.6. The monoisotopic (exact) mass is 368 g/mol. The van der Waals surface area contributed by atoms with Crippen molar-refractivity contribution >= 4 is 35.3 Å². The predicted molar refractivity (Wildman–Crippen MR) is 102 cm³/mol. The maximum absolute atomic E-state index is 10.7. The zero-order valence-electron chi connectivity index (χ0n) is 14.5. The number of hydrogen-bond acceptors (Lipinski definition) is 5. The van der Waals surface area contributed by atoms with Gasteiger partial charge in [-0.15, -0.1) is 0 Å². The smallest absolute Gasteiger partial charge is 0.177 e. The molecule has 0 radical (unpaired) electrons. The lowest BCUT2D eigenvalue weighted by Gasteiger charge is -2.28. The van der Waals surface area contributed by atoms with Crippen LogP contribution in [0, 0.1) is 3.95 Å². The van der Waals surface area contributed by atoms with E-state index in [4.69, 9.17) is 12.2 Å². The van der Waals surface area contributed by atoms with Crippen LogP contribution in [0.15, 0.2) is 16.5 Å². The number of nitrogens with zero attached hydrogens (tertiary/aromatic N) is 1. The van der Waals surface area contributed by atoms with Crippen molar-refractivity contribution in [3.8, 4) is 5.75 Å². The quantitative estimate of drug-likeness (QED) is 0.531. The van der Waals surface area contributed by atoms with Crippen molar-refractivity contribution in [2.45, 2.75) is 62.5 Å². The summed E-state index contributed by atoms with van der Waals surface area (Å²) in [5.41, 5.74) is 2.98. The maximum Gasteiger partial charge on any atom is 0.177 e. The lowest BCUT2D eigenvalue weighted by molar-refractivity contribution is 0.423. The van der Waals surface area contributed by atoms with Crippen molar-refractivity contribution in [2.75, 3.05) is 0 Å². The summed E-state index contributed by atoms with van der Waals surface area (Å²) >= 11 is 8.23. The lowest BCUT2D eigenvalue weighted by Crippen LogP contribution is -2.17. The highest BCUT2D eigenvalue weighted by molar-refractivity contribution is 8.00. The van der Waals surface area contributed by atoms with E-state index in [0.717, 1.165) is 21.2 Å². The van der Waals surface area contributed by atoms with E-state index in [1.165, 1.54) is 16.9 Å². The van der Waals surface area contributed by atoms with Crippen molar-refractivity contribution in [1.82, 2.24) is 10.2 Å². The third-order valence-electron chi connectivity index (χ3n) is 3.57. The molecule has 126 valence electrons. The molecule has 0 aliphatic heterocycles. The molecule has 2 N–H and O–H groups in total. The Morgan fingerprint density at radius 2 is 1.65 bits per heavy atom. The highest BCUT2D eigenvalue weighted by Gasteiger charge is 2.26. The molecule has 23 heavy (non-hydrogen) atoms. The minimum Gasteiger partial charge on any atom is -0.507 e. The van der Waals surface area contributed by atoms with Crippen LogP contribution in [-0.4, -0.2) is 15.3 Å². The second kappa shape index (κ2) is 6.57. The molecule has 6 heteroatoms. The number of aromatic hydroxyl groups is 1. The molecule has 0 amide bonds. The molecule has 2 aromatic rings. The van der Waals surface area contributed by atoms with Crippen LogP contribution in [0.3, 0.4) is 0 Å². The van der Waals surface area contributed by atoms with Crippen molar-refractivity contribution in [3.63, 3.8) is 0 Å². The first kappa shape index (κ1) is 18.5. The summed E-state index contributed by atoms with van der Waals surface area (Å²) in [6.45, 7) is 12.8. The van der Waals surface area contributed by atoms with Crippen LogP contribution in [0.2, 0.25) is 0 Å². The summed E-state index contributed by atoms with van der Waals surface area (Å²) < 4.78 is 1.64. The fourth-order valence-corrected chi connectivity index (χ4v) is 4.36. The number of hydrogen-bond donors (Lipinski definition) is 2. The summed E-state index contributed by atoms with van der Waals surface area (Å²) in [6.07, 6.45) is 0. The molecule has 0 unspecified atom stereocenters. The Bertz CT molecular complexity index is 713. The van der Waals surface area contributed by atoms with Gasteiger partial charge in [0.25, 0.3) is 0 Å². The van der Waals surface area contributed by atoms with E-state index in [9.17, 15) is 5.11 Å². The Morgan fingerprint density at radius 1 is 1.13 bits per heavy atom. The Morgan fingerprint density at radius 3 is 2.04 bits per heavy atom. The van der Waals surface area contributed by atoms with Gasteiger partial charge in [-0.05, 0) is 39.7 Å². The van der Waals surface area contributed by atoms with Gasteiger partial charge in [0.15, 0.2) is 8.29 Å². The minimum atomic E-state index is -0.104. The average molecular weight is 369 g/mol. The van der Waals surface area contributed by atoms with Gasteiger partial charge in [-0.25, -0.2) is 0 Å². The fourth-order valence-electron chi connectivity index (χ4n) is 2.34. The first-order valence-corrected chi connectivity index (χ1v) is 9.74. The maximum atomic E-state index is 10.7. The van der Waals surface area contributed by atoms with Crippen molar-refractivity contribution in [1.29, 1.82) is 0 Å². The van der Waals surface area contributed by atoms with Gasteiger partial charge in [-0.3, -0.25) is 5.10 Å². The van der Waals surface area contributed by atoms with E-state index in [1.807, 2.05) is 0 Å². The Hall–Kier alpha value is -0.850. The number of nitrogens with one attached hydrogen (secondary N) is 1. The van der Waals surface area contributed by atoms with Gasteiger partial charge in [-0.2, -0.15) is 5.10 Å². The van der Waals surface area contributed by atoms with E-state index in [2.05, 4.69) is 63.9 Å². The van der Waals surface area contributed by atoms with Crippen LogP contribution in [0.1, 0.15) is 58.2 Å². The van der Waals surface area contributed by atoms with Crippen molar-refractivity contribution in [2.24, 2.45) is 0 Å². The summed E-state index contributed by atoms with van der Waals surface area (Å²) in [7, 11) is 0. The van der Waals surface area contributed by atoms with Crippen molar-refractivity contribution in [3.05, 3.63) is 32.8 Å². The number of benzene rings is 1. The van der Waals surface area contributed by atoms with E-state index < -0.39 is 0 Å². The van der Waals surface area contributed by atoms with Crippen molar-refractivity contribution < 1.29 is 5.11 Å². The first-order chi connectivity index (χ1) is 10.5. The van der Waals surface area contributed by atoms with Crippen LogP contribution in [0.25, 0.3) is 0 Å². The molecule has 0 saturated heterocycles. The van der Waals surface area contributed by atoms with Gasteiger partial charge < -0.3 is 5.11 Å². The molecule has 0 aliphatic rings. The Balaban J connectivity index is 2.41. The summed E-state index contributed by atoms with van der Waals surface area (Å²) in [4.78, 5) is 0. The molecule has 0 spiro atoms.